The van der Waals surface area contributed by atoms with Gasteiger partial charge in [0.1, 0.15) is 6.04 Å². The standard InChI is InChI=1S/C16H15ClN2O2S/c17-12-8-6-11(7-9-12)10-14(15(20)21)19-16(22)18-13-4-2-1-3-5-13/h1-9,14H,10H2,(H,20,21)(H2,18,19,22)/t14-/m0/s1. The number of carboxylic acids is 1. The zero-order valence-electron chi connectivity index (χ0n) is 11.6. The van der Waals surface area contributed by atoms with Gasteiger partial charge in [-0.05, 0) is 42.0 Å². The molecule has 0 radical (unpaired) electrons. The van der Waals surface area contributed by atoms with E-state index in [0.717, 1.165) is 11.3 Å². The van der Waals surface area contributed by atoms with Crippen molar-refractivity contribution < 1.29 is 9.90 Å². The van der Waals surface area contributed by atoms with E-state index in [1.165, 1.54) is 0 Å². The molecule has 2 aromatic rings. The average molecular weight is 335 g/mol. The van der Waals surface area contributed by atoms with Gasteiger partial charge in [-0.3, -0.25) is 0 Å². The second kappa shape index (κ2) is 7.77. The number of anilines is 1. The molecule has 0 saturated heterocycles. The third-order valence-electron chi connectivity index (χ3n) is 2.99. The fraction of sp³-hybridized carbons (Fsp3) is 0.125. The van der Waals surface area contributed by atoms with Crippen LogP contribution in [-0.4, -0.2) is 22.2 Å². The number of aliphatic carboxylic acids is 1. The molecule has 0 unspecified atom stereocenters. The zero-order valence-corrected chi connectivity index (χ0v) is 13.2. The molecule has 0 saturated carbocycles. The predicted molar refractivity (Wildman–Crippen MR) is 92.4 cm³/mol. The number of hydrogen-bond donors (Lipinski definition) is 3. The van der Waals surface area contributed by atoms with Gasteiger partial charge in [0, 0.05) is 17.1 Å². The fourth-order valence-corrected chi connectivity index (χ4v) is 2.29. The second-order valence-electron chi connectivity index (χ2n) is 4.69. The summed E-state index contributed by atoms with van der Waals surface area (Å²) < 4.78 is 0. The highest BCUT2D eigenvalue weighted by Crippen LogP contribution is 2.11. The van der Waals surface area contributed by atoms with Gasteiger partial charge in [0.05, 0.1) is 0 Å². The quantitative estimate of drug-likeness (QED) is 0.732. The van der Waals surface area contributed by atoms with Crippen LogP contribution in [0.25, 0.3) is 0 Å². The lowest BCUT2D eigenvalue weighted by Gasteiger charge is -2.17. The van der Waals surface area contributed by atoms with Crippen molar-refractivity contribution in [1.82, 2.24) is 5.32 Å². The lowest BCUT2D eigenvalue weighted by Crippen LogP contribution is -2.44. The van der Waals surface area contributed by atoms with Gasteiger partial charge in [0.15, 0.2) is 5.11 Å². The SMILES string of the molecule is O=C(O)[C@H](Cc1ccc(Cl)cc1)NC(=S)Nc1ccccc1. The van der Waals surface area contributed by atoms with Crippen molar-refractivity contribution in [1.29, 1.82) is 0 Å². The maximum absolute atomic E-state index is 11.4. The van der Waals surface area contributed by atoms with Crippen LogP contribution >= 0.6 is 23.8 Å². The highest BCUT2D eigenvalue weighted by Gasteiger charge is 2.18. The van der Waals surface area contributed by atoms with Gasteiger partial charge in [-0.2, -0.15) is 0 Å². The maximum atomic E-state index is 11.4. The van der Waals surface area contributed by atoms with Crippen molar-refractivity contribution in [2.75, 3.05) is 5.32 Å². The van der Waals surface area contributed by atoms with Crippen molar-refractivity contribution in [2.45, 2.75) is 12.5 Å². The van der Waals surface area contributed by atoms with Crippen LogP contribution in [0.1, 0.15) is 5.56 Å². The summed E-state index contributed by atoms with van der Waals surface area (Å²) in [4.78, 5) is 11.4. The maximum Gasteiger partial charge on any atom is 0.326 e. The van der Waals surface area contributed by atoms with Gasteiger partial charge in [-0.15, -0.1) is 0 Å². The minimum atomic E-state index is -0.966. The van der Waals surface area contributed by atoms with Crippen molar-refractivity contribution in [3.8, 4) is 0 Å². The van der Waals surface area contributed by atoms with Crippen LogP contribution in [0.2, 0.25) is 5.02 Å². The Hall–Kier alpha value is -2.11. The molecule has 2 aromatic carbocycles. The van der Waals surface area contributed by atoms with Crippen LogP contribution in [0.15, 0.2) is 54.6 Å². The Bertz CT molecular complexity index is 647. The van der Waals surface area contributed by atoms with Gasteiger partial charge < -0.3 is 15.7 Å². The molecular formula is C16H15ClN2O2S. The molecule has 0 aromatic heterocycles. The molecule has 2 rings (SSSR count). The van der Waals surface area contributed by atoms with Gasteiger partial charge in [-0.1, -0.05) is 41.9 Å². The van der Waals surface area contributed by atoms with E-state index in [1.54, 1.807) is 24.3 Å². The summed E-state index contributed by atoms with van der Waals surface area (Å²) in [6, 6.07) is 15.6. The van der Waals surface area contributed by atoms with Crippen LogP contribution in [0.3, 0.4) is 0 Å². The number of thiocarbonyl (C=S) groups is 1. The Balaban J connectivity index is 1.98. The third kappa shape index (κ3) is 5.02. The number of benzene rings is 2. The molecule has 4 nitrogen and oxygen atoms in total. The number of nitrogens with one attached hydrogen (secondary N) is 2. The number of halogens is 1. The number of carbonyl (C=O) groups is 1. The van der Waals surface area contributed by atoms with Gasteiger partial charge in [-0.25, -0.2) is 4.79 Å². The van der Waals surface area contributed by atoms with E-state index in [1.807, 2.05) is 30.3 Å². The first-order valence-electron chi connectivity index (χ1n) is 6.64. The van der Waals surface area contributed by atoms with E-state index in [-0.39, 0.29) is 5.11 Å². The van der Waals surface area contributed by atoms with Crippen LogP contribution in [0.4, 0.5) is 5.69 Å². The highest BCUT2D eigenvalue weighted by molar-refractivity contribution is 7.80. The van der Waals surface area contributed by atoms with Crippen LogP contribution < -0.4 is 10.6 Å². The molecule has 0 aliphatic carbocycles. The molecule has 0 aliphatic heterocycles. The van der Waals surface area contributed by atoms with Crippen molar-refractivity contribution in [3.63, 3.8) is 0 Å². The number of para-hydroxylation sites is 1. The Morgan fingerprint density at radius 2 is 1.77 bits per heavy atom. The fourth-order valence-electron chi connectivity index (χ4n) is 1.90. The number of hydrogen-bond acceptors (Lipinski definition) is 2. The Morgan fingerprint density at radius 3 is 2.36 bits per heavy atom. The zero-order chi connectivity index (χ0) is 15.9. The van der Waals surface area contributed by atoms with E-state index < -0.39 is 12.0 Å². The summed E-state index contributed by atoms with van der Waals surface area (Å²) >= 11 is 11.0. The molecule has 0 bridgehead atoms. The summed E-state index contributed by atoms with van der Waals surface area (Å²) in [7, 11) is 0. The molecule has 0 amide bonds. The summed E-state index contributed by atoms with van der Waals surface area (Å²) in [5.74, 6) is -0.966. The highest BCUT2D eigenvalue weighted by atomic mass is 35.5. The summed E-state index contributed by atoms with van der Waals surface area (Å²) in [5, 5.41) is 16.0. The Kier molecular flexibility index (Phi) is 5.75. The van der Waals surface area contributed by atoms with Crippen molar-refractivity contribution >= 4 is 40.6 Å². The van der Waals surface area contributed by atoms with Crippen LogP contribution in [-0.2, 0) is 11.2 Å². The number of carboxylic acid groups (broad SMARTS) is 1. The second-order valence-corrected chi connectivity index (χ2v) is 5.53. The van der Waals surface area contributed by atoms with Crippen molar-refractivity contribution in [3.05, 3.63) is 65.2 Å². The summed E-state index contributed by atoms with van der Waals surface area (Å²) in [5.41, 5.74) is 1.67. The molecule has 0 fully saturated rings. The van der Waals surface area contributed by atoms with Crippen LogP contribution in [0, 0.1) is 0 Å². The molecule has 22 heavy (non-hydrogen) atoms. The summed E-state index contributed by atoms with van der Waals surface area (Å²) in [6.45, 7) is 0. The predicted octanol–water partition coefficient (Wildman–Crippen LogP) is 3.32. The molecule has 114 valence electrons. The molecule has 3 N–H and O–H groups in total. The summed E-state index contributed by atoms with van der Waals surface area (Å²) in [6.07, 6.45) is 0.309. The van der Waals surface area contributed by atoms with Gasteiger partial charge in [0.25, 0.3) is 0 Å². The van der Waals surface area contributed by atoms with Crippen LogP contribution in [0.5, 0.6) is 0 Å². The average Bonchev–Trinajstić information content (AvgIpc) is 2.49. The first-order chi connectivity index (χ1) is 10.5. The van der Waals surface area contributed by atoms with E-state index >= 15 is 0 Å². The molecule has 0 heterocycles. The van der Waals surface area contributed by atoms with E-state index in [0.29, 0.717) is 11.4 Å². The first kappa shape index (κ1) is 16.3. The van der Waals surface area contributed by atoms with Gasteiger partial charge >= 0.3 is 5.97 Å². The van der Waals surface area contributed by atoms with E-state index in [2.05, 4.69) is 10.6 Å². The largest absolute Gasteiger partial charge is 0.480 e. The topological polar surface area (TPSA) is 61.4 Å². The minimum Gasteiger partial charge on any atom is -0.480 e. The lowest BCUT2D eigenvalue weighted by molar-refractivity contribution is -0.139. The Morgan fingerprint density at radius 1 is 1.14 bits per heavy atom. The lowest BCUT2D eigenvalue weighted by atomic mass is 10.1. The van der Waals surface area contributed by atoms with E-state index in [9.17, 15) is 9.90 Å². The third-order valence-corrected chi connectivity index (χ3v) is 3.46. The first-order valence-corrected chi connectivity index (χ1v) is 7.43. The Labute approximate surface area is 139 Å². The van der Waals surface area contributed by atoms with Gasteiger partial charge in [0.2, 0.25) is 0 Å². The van der Waals surface area contributed by atoms with Crippen molar-refractivity contribution in [2.24, 2.45) is 0 Å². The monoisotopic (exact) mass is 334 g/mol. The molecule has 0 spiro atoms. The molecule has 1 atom stereocenters. The normalized spacial score (nSPS) is 11.5. The van der Waals surface area contributed by atoms with E-state index in [4.69, 9.17) is 23.8 Å². The molecule has 0 aliphatic rings. The smallest absolute Gasteiger partial charge is 0.326 e. The number of rotatable bonds is 5. The minimum absolute atomic E-state index is 0.271. The molecule has 6 heteroatoms. The molecular weight excluding hydrogens is 320 g/mol.